The highest BCUT2D eigenvalue weighted by atomic mass is 28.4. The first kappa shape index (κ1) is 97.7. The molecule has 20 bridgehead atoms. The van der Waals surface area contributed by atoms with E-state index in [9.17, 15) is 14.4 Å². The van der Waals surface area contributed by atoms with Crippen LogP contribution in [0.3, 0.4) is 0 Å². The number of hydrogen-bond donors (Lipinski definition) is 0. The monoisotopic (exact) mass is 1780 g/mol. The van der Waals surface area contributed by atoms with Crippen molar-refractivity contribution >= 4 is 42.3 Å². The first-order chi connectivity index (χ1) is 58.2. The minimum atomic E-state index is -2.54. The lowest BCUT2D eigenvalue weighted by Gasteiger charge is -2.56. The summed E-state index contributed by atoms with van der Waals surface area (Å²) in [6.45, 7) is 70.5. The third-order valence-electron chi connectivity index (χ3n) is 34.6. The summed E-state index contributed by atoms with van der Waals surface area (Å²) >= 11 is 0. The third kappa shape index (κ3) is 21.7. The van der Waals surface area contributed by atoms with Crippen LogP contribution in [-0.4, -0.2) is 213 Å². The molecule has 0 aromatic carbocycles. The second-order valence-electron chi connectivity index (χ2n) is 46.9. The smallest absolute Gasteiger partial charge is 0.193 e. The van der Waals surface area contributed by atoms with Gasteiger partial charge in [0.15, 0.2) is 36.5 Å². The van der Waals surface area contributed by atoms with Crippen molar-refractivity contribution in [1.82, 2.24) is 0 Å². The van der Waals surface area contributed by atoms with E-state index in [0.717, 1.165) is 126 Å². The van der Waals surface area contributed by atoms with Crippen LogP contribution in [0.15, 0.2) is 60.8 Å². The summed E-state index contributed by atoms with van der Waals surface area (Å²) in [5, 5.41) is -0.363. The average Bonchev–Trinajstić information content (AvgIpc) is 1.53. The number of carbonyl (C=O) groups is 3. The quantitative estimate of drug-likeness (QED) is 0.132. The van der Waals surface area contributed by atoms with Crippen molar-refractivity contribution in [3.05, 3.63) is 60.8 Å². The van der Waals surface area contributed by atoms with Gasteiger partial charge in [0.25, 0.3) is 0 Å². The van der Waals surface area contributed by atoms with Crippen LogP contribution >= 0.6 is 0 Å². The van der Waals surface area contributed by atoms with E-state index in [1.54, 1.807) is 6.08 Å². The van der Waals surface area contributed by atoms with Crippen LogP contribution in [-0.2, 0) is 89.2 Å². The zero-order chi connectivity index (χ0) is 89.6. The Morgan fingerprint density at radius 1 is 0.419 bits per heavy atom. The van der Waals surface area contributed by atoms with Gasteiger partial charge in [0.1, 0.15) is 66.5 Å². The van der Waals surface area contributed by atoms with Gasteiger partial charge in [-0.2, -0.15) is 0 Å². The van der Waals surface area contributed by atoms with E-state index in [-0.39, 0.29) is 190 Å². The Kier molecular flexibility index (Phi) is 30.7. The minimum Gasteiger partial charge on any atom is -0.408 e. The van der Waals surface area contributed by atoms with Crippen LogP contribution in [0, 0.1) is 47.3 Å². The van der Waals surface area contributed by atoms with Crippen LogP contribution in [0.4, 0.5) is 0 Å². The molecule has 18 rings (SSSR count). The van der Waals surface area contributed by atoms with E-state index in [0.29, 0.717) is 87.9 Å². The first-order valence-electron chi connectivity index (χ1n) is 49.7. The van der Waals surface area contributed by atoms with Crippen molar-refractivity contribution in [2.45, 2.75) is 516 Å². The number of allylic oxidation sites excluding steroid dienone is 1. The lowest BCUT2D eigenvalue weighted by molar-refractivity contribution is -0.292. The maximum absolute atomic E-state index is 14.8. The average molecular weight is 1780 g/mol. The Hall–Kier alpha value is -2.28. The van der Waals surface area contributed by atoms with Gasteiger partial charge in [-0.15, -0.1) is 0 Å². The molecule has 0 aromatic heterocycles. The number of rotatable bonds is 12. The second-order valence-corrected chi connectivity index (χ2v) is 61.1. The molecule has 36 atom stereocenters. The molecule has 15 saturated heterocycles. The summed E-state index contributed by atoms with van der Waals surface area (Å²) in [6, 6.07) is 0. The standard InChI is InChI=1S/C60H106O10Si3.C42H62O9/c1-22-37(2)31-51-41(6)47-35-43(62)34-46-27-30-49-54(65-46)56(69-72(18,19)59(10,11)12)57(70-73(20,21)60(13,14)15)55(67-49)50(68-71(16,17)58(7,8)9)28-24-42(61)23-25-44-33-39(4)48(63-44)29-26-45-32-38(3)40(5)52(64-45)36-53(47)66-51;1-7-21(2)14-33-25(6)30-18-26(43)17-28-9-11-32-37(46-28)41-40-39(48-32)38-36(49-40)20-42(50-38,51-41)13-12-29-16-23(4)31(44-29)10-8-27-15-22(3)24(5)34(45-27)19-35(30)47-33/h24,28,37-38,41,44-57H,4-5,22-23,25-27,29-36H2,1-3,6-21H3;21-22,25,27-41H,4-5,7-20H2,1-3,6H3/b28-24+;/t37-,38-,41-,44?,45?,46?,47?,48+,49+,50+,51-,52?,53+,54+,55+,56+,57-;21-,22-,25-,27+,28?,29+,30-,31?,32+,33-,34?,35+,36-,37+,38+,39+,40-,41+,42+/m11/s1. The molecule has 702 valence electrons. The van der Waals surface area contributed by atoms with Gasteiger partial charge >= 0.3 is 0 Å². The summed E-state index contributed by atoms with van der Waals surface area (Å²) in [5.41, 5.74) is 4.57. The van der Waals surface area contributed by atoms with E-state index in [4.69, 9.17) is 74.9 Å². The van der Waals surface area contributed by atoms with Gasteiger partial charge in [-0.05, 0) is 233 Å². The Morgan fingerprint density at radius 2 is 0.831 bits per heavy atom. The molecule has 18 aliphatic heterocycles. The molecule has 124 heavy (non-hydrogen) atoms. The summed E-state index contributed by atoms with van der Waals surface area (Å²) in [7, 11) is -7.52. The molecule has 0 aliphatic carbocycles. The molecule has 18 heterocycles. The maximum atomic E-state index is 14.8. The molecular weight excluding hydrogens is 1610 g/mol. The summed E-state index contributed by atoms with van der Waals surface area (Å²) < 4.78 is 113. The SMILES string of the molecule is C=C1C2C[C@@H]3O[C@H](C[C@H](C)CC)[C@H](C)C3CC(=O)CC3CC[C@@H]4O[C@H]([C@@H](O[Si](C)(C)C(C)(C)C)[C@@H](O[Si](C)(C)C(C)(C)C)[C@H]4O3)[C@@H](O[Si](C)(C)C(C)(C)C)/C=C/C(=O)CCC3CC(=C)[C@H](CCC(C[C@H]1C)O2)O3.C=C1C[C@@H]2CC[C@@]34C[C@H]5O[C@H]6[C@@H](O3)[C@H]3OC(CC[C@@H]3O[C@H]6[C@H]5O4)CC(=O)C[C@@H]3[C@@H](C)[C@@H](C[C@H](C)CC)O[C@H]3CC3O[C@@H](CCC1O2)C[C@@H](C)C3=C. The summed E-state index contributed by atoms with van der Waals surface area (Å²) in [4.78, 5) is 43.0. The topological polar surface area (TPSA) is 199 Å². The van der Waals surface area contributed by atoms with Crippen LogP contribution in [0.25, 0.3) is 0 Å². The largest absolute Gasteiger partial charge is 0.408 e. The van der Waals surface area contributed by atoms with Crippen molar-refractivity contribution < 1.29 is 89.2 Å². The maximum Gasteiger partial charge on any atom is 0.193 e. The lowest BCUT2D eigenvalue weighted by Crippen LogP contribution is -2.69. The highest BCUT2D eigenvalue weighted by molar-refractivity contribution is 6.75. The zero-order valence-corrected chi connectivity index (χ0v) is 84.0. The molecule has 0 aromatic rings. The Balaban J connectivity index is 0.000000214. The predicted octanol–water partition coefficient (Wildman–Crippen LogP) is 21.2. The predicted molar refractivity (Wildman–Crippen MR) is 493 cm³/mol. The number of Topliss-reactive ketones (excluding diaryl/α,β-unsaturated/α-hetero) is 2. The van der Waals surface area contributed by atoms with Gasteiger partial charge in [0, 0.05) is 57.8 Å². The van der Waals surface area contributed by atoms with Gasteiger partial charge in [-0.25, -0.2) is 0 Å². The lowest BCUT2D eigenvalue weighted by atomic mass is 9.78. The Morgan fingerprint density at radius 3 is 1.32 bits per heavy atom. The number of fused-ring (bicyclic) bond motifs is 8. The van der Waals surface area contributed by atoms with Gasteiger partial charge in [-0.3, -0.25) is 14.4 Å². The molecule has 18 aliphatic rings. The van der Waals surface area contributed by atoms with Crippen molar-refractivity contribution in [2.75, 3.05) is 0 Å². The molecule has 8 unspecified atom stereocenters. The number of hydrogen-bond acceptors (Lipinski definition) is 19. The number of carbonyl (C=O) groups excluding carboxylic acids is 3. The molecule has 0 amide bonds. The molecule has 22 heteroatoms. The molecule has 19 nitrogen and oxygen atoms in total. The van der Waals surface area contributed by atoms with Crippen molar-refractivity contribution in [2.24, 2.45) is 47.3 Å². The molecule has 0 saturated carbocycles. The molecule has 15 fully saturated rings. The summed E-state index contributed by atoms with van der Waals surface area (Å²) in [5.74, 6) is 2.25. The van der Waals surface area contributed by atoms with Crippen LogP contribution < -0.4 is 0 Å². The highest BCUT2D eigenvalue weighted by Gasteiger charge is 2.69. The third-order valence-corrected chi connectivity index (χ3v) is 48.0. The van der Waals surface area contributed by atoms with Crippen molar-refractivity contribution in [1.29, 1.82) is 0 Å². The minimum absolute atomic E-state index is 0.0327. The van der Waals surface area contributed by atoms with E-state index >= 15 is 0 Å². The molecule has 0 N–H and O–H groups in total. The second kappa shape index (κ2) is 39.0. The van der Waals surface area contributed by atoms with E-state index in [2.05, 4.69) is 183 Å². The van der Waals surface area contributed by atoms with Gasteiger partial charge in [-0.1, -0.05) is 163 Å². The summed E-state index contributed by atoms with van der Waals surface area (Å²) in [6.07, 6.45) is 19.7. The van der Waals surface area contributed by atoms with Crippen molar-refractivity contribution in [3.8, 4) is 0 Å². The van der Waals surface area contributed by atoms with Crippen LogP contribution in [0.2, 0.25) is 54.4 Å². The van der Waals surface area contributed by atoms with Crippen LogP contribution in [0.1, 0.15) is 291 Å². The molecular formula is C102H168O19Si3. The van der Waals surface area contributed by atoms with E-state index in [1.807, 2.05) is 6.08 Å². The molecule has 1 spiro atoms. The molecule has 0 radical (unpaired) electrons. The van der Waals surface area contributed by atoms with Crippen molar-refractivity contribution in [3.63, 3.8) is 0 Å². The fourth-order valence-corrected chi connectivity index (χ4v) is 26.8. The Labute approximate surface area is 751 Å². The van der Waals surface area contributed by atoms with Gasteiger partial charge in [0.2, 0.25) is 0 Å². The van der Waals surface area contributed by atoms with Gasteiger partial charge in [0.05, 0.1) is 110 Å². The fraction of sp³-hybridized carbons (Fsp3) is 0.873. The zero-order valence-electron chi connectivity index (χ0n) is 81.0. The Bertz CT molecular complexity index is 3760. The number of ketones is 3. The highest BCUT2D eigenvalue weighted by Crippen LogP contribution is 2.57. The normalized spacial score (nSPS) is 44.3. The fourth-order valence-electron chi connectivity index (χ4n) is 23.0. The van der Waals surface area contributed by atoms with E-state index in [1.165, 1.54) is 5.57 Å². The first-order valence-corrected chi connectivity index (χ1v) is 58.5. The number of ether oxygens (including phenoxy) is 13. The van der Waals surface area contributed by atoms with E-state index < -0.39 is 61.3 Å². The van der Waals surface area contributed by atoms with Gasteiger partial charge < -0.3 is 74.9 Å². The van der Waals surface area contributed by atoms with Crippen LogP contribution in [0.5, 0.6) is 0 Å².